The molecule has 0 unspecified atom stereocenters. The van der Waals surface area contributed by atoms with Crippen molar-refractivity contribution < 1.29 is 21.6 Å². The van der Waals surface area contributed by atoms with Crippen molar-refractivity contribution in [1.82, 2.24) is 8.61 Å². The zero-order chi connectivity index (χ0) is 16.0. The summed E-state index contributed by atoms with van der Waals surface area (Å²) < 4.78 is 56.3. The molecule has 0 bridgehead atoms. The fourth-order valence-electron chi connectivity index (χ4n) is 2.71. The number of sulfonamides is 2. The molecule has 0 aliphatic carbocycles. The summed E-state index contributed by atoms with van der Waals surface area (Å²) in [6.07, 6.45) is 1.85. The van der Waals surface area contributed by atoms with Crippen molar-refractivity contribution in [1.29, 1.82) is 0 Å². The van der Waals surface area contributed by atoms with Gasteiger partial charge in [0.25, 0.3) is 0 Å². The number of hydrogen-bond acceptors (Lipinski definition) is 5. The Hall–Kier alpha value is -1.16. The molecule has 2 heterocycles. The highest BCUT2D eigenvalue weighted by atomic mass is 32.2. The predicted octanol–water partition coefficient (Wildman–Crippen LogP) is -0.113. The van der Waals surface area contributed by atoms with E-state index in [1.165, 1.54) is 8.61 Å². The molecule has 9 heteroatoms. The van der Waals surface area contributed by atoms with E-state index in [-0.39, 0.29) is 31.1 Å². The van der Waals surface area contributed by atoms with Gasteiger partial charge in [0.1, 0.15) is 5.75 Å². The molecular weight excluding hydrogens is 328 g/mol. The molecule has 1 aromatic rings. The van der Waals surface area contributed by atoms with Crippen LogP contribution in [0.1, 0.15) is 5.56 Å². The van der Waals surface area contributed by atoms with E-state index in [4.69, 9.17) is 4.74 Å². The van der Waals surface area contributed by atoms with Crippen molar-refractivity contribution in [2.75, 3.05) is 39.0 Å². The highest BCUT2D eigenvalue weighted by molar-refractivity contribution is 7.89. The Balaban J connectivity index is 1.80. The van der Waals surface area contributed by atoms with Crippen LogP contribution in [0.2, 0.25) is 0 Å². The average molecular weight is 346 g/mol. The smallest absolute Gasteiger partial charge is 0.243 e. The van der Waals surface area contributed by atoms with Crippen molar-refractivity contribution >= 4 is 20.0 Å². The summed E-state index contributed by atoms with van der Waals surface area (Å²) in [4.78, 5) is 0.240. The van der Waals surface area contributed by atoms with Crippen molar-refractivity contribution in [3.63, 3.8) is 0 Å². The van der Waals surface area contributed by atoms with Crippen LogP contribution in [0, 0.1) is 0 Å². The normalized spacial score (nSPS) is 20.6. The van der Waals surface area contributed by atoms with Crippen molar-refractivity contribution in [3.05, 3.63) is 23.8 Å². The van der Waals surface area contributed by atoms with E-state index in [0.717, 1.165) is 17.6 Å². The molecule has 0 saturated carbocycles. The maximum absolute atomic E-state index is 12.7. The Morgan fingerprint density at radius 3 is 2.27 bits per heavy atom. The van der Waals surface area contributed by atoms with Crippen LogP contribution >= 0.6 is 0 Å². The first-order valence-electron chi connectivity index (χ1n) is 6.99. The lowest BCUT2D eigenvalue weighted by Crippen LogP contribution is -2.50. The molecule has 2 aliphatic heterocycles. The van der Waals surface area contributed by atoms with Crippen molar-refractivity contribution in [2.24, 2.45) is 0 Å². The molecular formula is C13H18N2O5S2. The molecule has 1 fully saturated rings. The number of hydrogen-bond donors (Lipinski definition) is 0. The van der Waals surface area contributed by atoms with Crippen molar-refractivity contribution in [2.45, 2.75) is 11.3 Å². The van der Waals surface area contributed by atoms with Gasteiger partial charge in [0.2, 0.25) is 20.0 Å². The predicted molar refractivity (Wildman–Crippen MR) is 80.8 cm³/mol. The Kier molecular flexibility index (Phi) is 3.92. The van der Waals surface area contributed by atoms with Gasteiger partial charge in [-0.3, -0.25) is 0 Å². The summed E-state index contributed by atoms with van der Waals surface area (Å²) in [5.41, 5.74) is 0.899. The number of benzene rings is 1. The third kappa shape index (κ3) is 2.85. The first kappa shape index (κ1) is 15.7. The highest BCUT2D eigenvalue weighted by Crippen LogP contribution is 2.29. The molecule has 0 radical (unpaired) electrons. The van der Waals surface area contributed by atoms with Crippen molar-refractivity contribution in [3.8, 4) is 5.75 Å². The van der Waals surface area contributed by atoms with Gasteiger partial charge in [-0.25, -0.2) is 16.8 Å². The van der Waals surface area contributed by atoms with Gasteiger partial charge in [-0.05, 0) is 23.8 Å². The lowest BCUT2D eigenvalue weighted by molar-refractivity contribution is 0.274. The molecule has 0 N–H and O–H groups in total. The van der Waals surface area contributed by atoms with Gasteiger partial charge in [0.05, 0.1) is 17.8 Å². The quantitative estimate of drug-likeness (QED) is 0.762. The summed E-state index contributed by atoms with van der Waals surface area (Å²) in [5, 5.41) is 0. The Morgan fingerprint density at radius 2 is 1.64 bits per heavy atom. The minimum atomic E-state index is -3.60. The average Bonchev–Trinajstić information content (AvgIpc) is 2.94. The Labute approximate surface area is 130 Å². The van der Waals surface area contributed by atoms with Crippen LogP contribution in [0.3, 0.4) is 0 Å². The molecule has 0 amide bonds. The third-order valence-electron chi connectivity index (χ3n) is 3.97. The largest absolute Gasteiger partial charge is 0.493 e. The van der Waals surface area contributed by atoms with Gasteiger partial charge >= 0.3 is 0 Å². The molecule has 1 saturated heterocycles. The van der Waals surface area contributed by atoms with Gasteiger partial charge in [-0.1, -0.05) is 0 Å². The highest BCUT2D eigenvalue weighted by Gasteiger charge is 2.32. The topological polar surface area (TPSA) is 84.0 Å². The van der Waals surface area contributed by atoms with E-state index in [1.807, 2.05) is 0 Å². The molecule has 122 valence electrons. The van der Waals surface area contributed by atoms with E-state index in [2.05, 4.69) is 0 Å². The molecule has 3 rings (SSSR count). The van der Waals surface area contributed by atoms with Gasteiger partial charge in [0.15, 0.2) is 0 Å². The number of rotatable bonds is 3. The van der Waals surface area contributed by atoms with Crippen LogP contribution in [0.15, 0.2) is 23.1 Å². The number of fused-ring (bicyclic) bond motifs is 1. The van der Waals surface area contributed by atoms with Crippen LogP contribution in [-0.4, -0.2) is 64.5 Å². The second kappa shape index (κ2) is 5.48. The van der Waals surface area contributed by atoms with E-state index >= 15 is 0 Å². The third-order valence-corrected chi connectivity index (χ3v) is 7.16. The van der Waals surface area contributed by atoms with Crippen LogP contribution in [0.25, 0.3) is 0 Å². The van der Waals surface area contributed by atoms with Gasteiger partial charge in [-0.15, -0.1) is 0 Å². The van der Waals surface area contributed by atoms with E-state index < -0.39 is 20.0 Å². The van der Waals surface area contributed by atoms with E-state index in [1.54, 1.807) is 18.2 Å². The number of nitrogens with zero attached hydrogens (tertiary/aromatic N) is 2. The first-order valence-corrected chi connectivity index (χ1v) is 10.3. The first-order chi connectivity index (χ1) is 10.3. The van der Waals surface area contributed by atoms with E-state index in [0.29, 0.717) is 13.0 Å². The lowest BCUT2D eigenvalue weighted by atomic mass is 10.2. The maximum Gasteiger partial charge on any atom is 0.243 e. The zero-order valence-electron chi connectivity index (χ0n) is 12.2. The van der Waals surface area contributed by atoms with E-state index in [9.17, 15) is 16.8 Å². The van der Waals surface area contributed by atoms with Gasteiger partial charge in [-0.2, -0.15) is 8.61 Å². The van der Waals surface area contributed by atoms with Crippen LogP contribution in [0.5, 0.6) is 5.75 Å². The number of ether oxygens (including phenoxy) is 1. The van der Waals surface area contributed by atoms with Gasteiger partial charge in [0, 0.05) is 32.6 Å². The Bertz CT molecular complexity index is 781. The summed E-state index contributed by atoms with van der Waals surface area (Å²) in [7, 11) is -6.87. The summed E-state index contributed by atoms with van der Waals surface area (Å²) in [6, 6.07) is 4.88. The molecule has 0 spiro atoms. The standard InChI is InChI=1S/C13H18N2O5S2/c1-21(16,17)14-5-7-15(8-6-14)22(18,19)12-2-3-13-11(10-12)4-9-20-13/h2-3,10H,4-9H2,1H3. The summed E-state index contributed by atoms with van der Waals surface area (Å²) >= 11 is 0. The maximum atomic E-state index is 12.7. The van der Waals surface area contributed by atoms with Crippen LogP contribution in [-0.2, 0) is 26.5 Å². The molecule has 0 aromatic heterocycles. The molecule has 1 aromatic carbocycles. The SMILES string of the molecule is CS(=O)(=O)N1CCN(S(=O)(=O)c2ccc3c(c2)CCO3)CC1. The molecule has 2 aliphatic rings. The minimum absolute atomic E-state index is 0.170. The summed E-state index contributed by atoms with van der Waals surface area (Å²) in [6.45, 7) is 1.29. The second-order valence-corrected chi connectivity index (χ2v) is 9.35. The van der Waals surface area contributed by atoms with Crippen LogP contribution in [0.4, 0.5) is 0 Å². The molecule has 7 nitrogen and oxygen atoms in total. The summed E-state index contributed by atoms with van der Waals surface area (Å²) in [5.74, 6) is 0.737. The molecule has 0 atom stereocenters. The van der Waals surface area contributed by atoms with Crippen LogP contribution < -0.4 is 4.74 Å². The minimum Gasteiger partial charge on any atom is -0.493 e. The number of piperazine rings is 1. The zero-order valence-corrected chi connectivity index (χ0v) is 13.9. The molecule has 22 heavy (non-hydrogen) atoms. The fourth-order valence-corrected chi connectivity index (χ4v) is 5.01. The van der Waals surface area contributed by atoms with Gasteiger partial charge < -0.3 is 4.74 Å². The lowest BCUT2D eigenvalue weighted by Gasteiger charge is -2.32. The Morgan fingerprint density at radius 1 is 1.00 bits per heavy atom. The second-order valence-electron chi connectivity index (χ2n) is 5.43. The monoisotopic (exact) mass is 346 g/mol. The fraction of sp³-hybridized carbons (Fsp3) is 0.538.